The molecule has 9 heteroatoms. The number of carbonyl (C=O) groups excluding carboxylic acids is 2. The maximum atomic E-state index is 13.9. The van der Waals surface area contributed by atoms with Crippen LogP contribution in [0.25, 0.3) is 0 Å². The highest BCUT2D eigenvalue weighted by molar-refractivity contribution is 6.43. The molecular formula is C30H36Cl2N4O3. The summed E-state index contributed by atoms with van der Waals surface area (Å²) in [7, 11) is 1.51. The predicted octanol–water partition coefficient (Wildman–Crippen LogP) is 4.81. The zero-order chi connectivity index (χ0) is 27.9. The van der Waals surface area contributed by atoms with Crippen molar-refractivity contribution in [3.05, 3.63) is 63.6 Å². The van der Waals surface area contributed by atoms with Crippen LogP contribution in [-0.2, 0) is 22.4 Å². The molecular weight excluding hydrogens is 535 g/mol. The van der Waals surface area contributed by atoms with E-state index >= 15 is 0 Å². The maximum absolute atomic E-state index is 13.9. The molecule has 2 aromatic carbocycles. The van der Waals surface area contributed by atoms with Crippen LogP contribution in [0.15, 0.2) is 42.5 Å². The number of hydrogen-bond acceptors (Lipinski definition) is 6. The third-order valence-corrected chi connectivity index (χ3v) is 8.76. The van der Waals surface area contributed by atoms with Crippen molar-refractivity contribution in [3.8, 4) is 11.8 Å². The molecule has 0 saturated carbocycles. The zero-order valence-electron chi connectivity index (χ0n) is 22.3. The van der Waals surface area contributed by atoms with Gasteiger partial charge in [0.05, 0.1) is 30.3 Å². The summed E-state index contributed by atoms with van der Waals surface area (Å²) in [6.07, 6.45) is 4.27. The number of Topliss-reactive ketones (excluding diaryl/α,β-unsaturated/α-hetero) is 1. The molecule has 0 aromatic heterocycles. The third-order valence-electron chi connectivity index (χ3n) is 7.97. The fourth-order valence-electron chi connectivity index (χ4n) is 6.00. The smallest absolute Gasteiger partial charge is 0.240 e. The third kappa shape index (κ3) is 6.93. The van der Waals surface area contributed by atoms with Gasteiger partial charge in [-0.2, -0.15) is 5.26 Å². The van der Waals surface area contributed by atoms with E-state index in [0.717, 1.165) is 24.8 Å². The van der Waals surface area contributed by atoms with Crippen molar-refractivity contribution in [2.45, 2.75) is 75.5 Å². The Morgan fingerprint density at radius 1 is 1.21 bits per heavy atom. The van der Waals surface area contributed by atoms with E-state index in [9.17, 15) is 14.9 Å². The Kier molecular flexibility index (Phi) is 10.3. The first-order valence-corrected chi connectivity index (χ1v) is 14.4. The minimum absolute atomic E-state index is 0.0476. The summed E-state index contributed by atoms with van der Waals surface area (Å²) in [5, 5.41) is 10.0. The molecule has 7 nitrogen and oxygen atoms in total. The number of benzene rings is 2. The Morgan fingerprint density at radius 3 is 2.69 bits per heavy atom. The van der Waals surface area contributed by atoms with Gasteiger partial charge >= 0.3 is 0 Å². The molecule has 208 valence electrons. The van der Waals surface area contributed by atoms with Crippen molar-refractivity contribution in [1.82, 2.24) is 9.80 Å². The van der Waals surface area contributed by atoms with E-state index in [-0.39, 0.29) is 42.7 Å². The fourth-order valence-corrected chi connectivity index (χ4v) is 6.41. The van der Waals surface area contributed by atoms with Crippen molar-refractivity contribution in [3.63, 3.8) is 0 Å². The summed E-state index contributed by atoms with van der Waals surface area (Å²) in [4.78, 5) is 31.5. The number of methoxy groups -OCH3 is 1. The lowest BCUT2D eigenvalue weighted by molar-refractivity contribution is -0.142. The Hall–Kier alpha value is -2.63. The molecule has 2 aliphatic rings. The average molecular weight is 572 g/mol. The van der Waals surface area contributed by atoms with Gasteiger partial charge in [0, 0.05) is 38.0 Å². The van der Waals surface area contributed by atoms with Crippen molar-refractivity contribution in [2.24, 2.45) is 5.73 Å². The number of halogens is 2. The minimum atomic E-state index is -0.655. The lowest BCUT2D eigenvalue weighted by Gasteiger charge is -2.32. The van der Waals surface area contributed by atoms with E-state index in [4.69, 9.17) is 33.7 Å². The Balaban J connectivity index is 1.51. The van der Waals surface area contributed by atoms with Crippen LogP contribution in [0.4, 0.5) is 0 Å². The van der Waals surface area contributed by atoms with Gasteiger partial charge in [0.25, 0.3) is 0 Å². The lowest BCUT2D eigenvalue weighted by atomic mass is 9.97. The number of aryl methyl sites for hydroxylation is 2. The van der Waals surface area contributed by atoms with Crippen LogP contribution < -0.4 is 10.5 Å². The van der Waals surface area contributed by atoms with Gasteiger partial charge in [0.15, 0.2) is 5.78 Å². The van der Waals surface area contributed by atoms with E-state index in [0.29, 0.717) is 48.1 Å². The second-order valence-corrected chi connectivity index (χ2v) is 11.2. The van der Waals surface area contributed by atoms with Crippen LogP contribution in [0.1, 0.15) is 49.7 Å². The summed E-state index contributed by atoms with van der Waals surface area (Å²) in [6.45, 7) is 1.16. The molecule has 0 aliphatic carbocycles. The highest BCUT2D eigenvalue weighted by Crippen LogP contribution is 2.36. The first kappa shape index (κ1) is 29.4. The van der Waals surface area contributed by atoms with Gasteiger partial charge in [0.2, 0.25) is 5.91 Å². The lowest BCUT2D eigenvalue weighted by Crippen LogP contribution is -2.50. The molecule has 1 unspecified atom stereocenters. The Labute approximate surface area is 240 Å². The number of rotatable bonds is 11. The molecule has 39 heavy (non-hydrogen) atoms. The number of nitriles is 1. The van der Waals surface area contributed by atoms with E-state index in [2.05, 4.69) is 23.1 Å². The second kappa shape index (κ2) is 13.6. The Morgan fingerprint density at radius 2 is 1.97 bits per heavy atom. The summed E-state index contributed by atoms with van der Waals surface area (Å²) < 4.78 is 5.44. The largest absolute Gasteiger partial charge is 0.495 e. The number of ketones is 1. The maximum Gasteiger partial charge on any atom is 0.240 e. The van der Waals surface area contributed by atoms with Gasteiger partial charge < -0.3 is 15.4 Å². The molecule has 2 N–H and O–H groups in total. The number of carbonyl (C=O) groups is 2. The molecule has 4 rings (SSSR count). The average Bonchev–Trinajstić information content (AvgIpc) is 3.28. The second-order valence-electron chi connectivity index (χ2n) is 10.4. The van der Waals surface area contributed by atoms with Crippen LogP contribution in [0.3, 0.4) is 0 Å². The number of hydrogen-bond donors (Lipinski definition) is 1. The number of amides is 1. The van der Waals surface area contributed by atoms with Crippen LogP contribution in [0.2, 0.25) is 10.0 Å². The zero-order valence-corrected chi connectivity index (χ0v) is 23.8. The molecule has 0 radical (unpaired) electrons. The standard InChI is InChI=1S/C30H36Cl2N4O3/c1-39-29-21(10-13-24(31)28(29)32)11-14-27(37)25(8-5-16-33)35-17-15-23(12-9-20-6-3-2-4-7-20)36-19-22(34)18-26(36)30(35)38/h2-4,6-7,10,13,22-23,25-26H,5,8-9,11-12,14-15,17-19,34H2,1H3/t22-,23?,25-,26+/m1/s1. The van der Waals surface area contributed by atoms with Crippen LogP contribution in [0.5, 0.6) is 5.75 Å². The Bertz CT molecular complexity index is 1200. The molecule has 2 saturated heterocycles. The van der Waals surface area contributed by atoms with Gasteiger partial charge in [0.1, 0.15) is 10.8 Å². The summed E-state index contributed by atoms with van der Waals surface area (Å²) >= 11 is 12.4. The topological polar surface area (TPSA) is 99.7 Å². The van der Waals surface area contributed by atoms with Crippen LogP contribution in [0, 0.1) is 11.3 Å². The van der Waals surface area contributed by atoms with Crippen molar-refractivity contribution in [1.29, 1.82) is 5.26 Å². The number of nitrogens with zero attached hydrogens (tertiary/aromatic N) is 3. The SMILES string of the molecule is COc1c(CCC(=O)[C@@H](CCC#N)N2CCC(CCc3ccccc3)N3C[C@H](N)C[C@H]3C2=O)ccc(Cl)c1Cl. The molecule has 1 amide bonds. The molecule has 0 bridgehead atoms. The van der Waals surface area contributed by atoms with Gasteiger partial charge in [-0.15, -0.1) is 0 Å². The van der Waals surface area contributed by atoms with Crippen LogP contribution >= 0.6 is 23.2 Å². The monoisotopic (exact) mass is 570 g/mol. The molecule has 2 aliphatic heterocycles. The van der Waals surface area contributed by atoms with E-state index in [1.807, 2.05) is 18.2 Å². The molecule has 2 heterocycles. The van der Waals surface area contributed by atoms with E-state index < -0.39 is 6.04 Å². The first-order chi connectivity index (χ1) is 18.8. The minimum Gasteiger partial charge on any atom is -0.495 e. The molecule has 2 fully saturated rings. The summed E-state index contributed by atoms with van der Waals surface area (Å²) in [6, 6.07) is 15.1. The first-order valence-electron chi connectivity index (χ1n) is 13.6. The number of fused-ring (bicyclic) bond motifs is 1. The van der Waals surface area contributed by atoms with Gasteiger partial charge in [-0.1, -0.05) is 59.6 Å². The van der Waals surface area contributed by atoms with Gasteiger partial charge in [-0.25, -0.2) is 0 Å². The predicted molar refractivity (Wildman–Crippen MR) is 153 cm³/mol. The van der Waals surface area contributed by atoms with E-state index in [1.54, 1.807) is 17.0 Å². The fraction of sp³-hybridized carbons (Fsp3) is 0.500. The van der Waals surface area contributed by atoms with Crippen molar-refractivity contribution < 1.29 is 14.3 Å². The van der Waals surface area contributed by atoms with Crippen molar-refractivity contribution in [2.75, 3.05) is 20.2 Å². The molecule has 2 aromatic rings. The van der Waals surface area contributed by atoms with Crippen LogP contribution in [-0.4, -0.2) is 65.9 Å². The molecule has 4 atom stereocenters. The van der Waals surface area contributed by atoms with Gasteiger partial charge in [-0.05, 0) is 55.7 Å². The summed E-state index contributed by atoms with van der Waals surface area (Å²) in [5.74, 6) is 0.338. The normalized spacial score (nSPS) is 22.2. The molecule has 0 spiro atoms. The number of nitrogens with two attached hydrogens (primary N) is 1. The quantitative estimate of drug-likeness (QED) is 0.416. The van der Waals surface area contributed by atoms with E-state index in [1.165, 1.54) is 12.7 Å². The highest BCUT2D eigenvalue weighted by Gasteiger charge is 2.45. The number of ether oxygens (including phenoxy) is 1. The van der Waals surface area contributed by atoms with Crippen molar-refractivity contribution >= 4 is 34.9 Å². The summed E-state index contributed by atoms with van der Waals surface area (Å²) in [5.41, 5.74) is 8.39. The van der Waals surface area contributed by atoms with Gasteiger partial charge in [-0.3, -0.25) is 14.5 Å². The highest BCUT2D eigenvalue weighted by atomic mass is 35.5.